The Balaban J connectivity index is 5.33. The first-order valence-corrected chi connectivity index (χ1v) is 42.8. The van der Waals surface area contributed by atoms with E-state index in [1.165, 1.54) is 89.9 Å². The van der Waals surface area contributed by atoms with E-state index in [-0.39, 0.29) is 25.7 Å². The van der Waals surface area contributed by atoms with Crippen LogP contribution in [0.5, 0.6) is 0 Å². The second-order valence-electron chi connectivity index (χ2n) is 26.6. The first-order chi connectivity index (χ1) is 48.7. The molecule has 0 spiro atoms. The van der Waals surface area contributed by atoms with E-state index < -0.39 is 97.5 Å². The van der Waals surface area contributed by atoms with Gasteiger partial charge in [0, 0.05) is 25.7 Å². The van der Waals surface area contributed by atoms with Crippen molar-refractivity contribution in [2.45, 2.75) is 367 Å². The normalized spacial score (nSPS) is 14.3. The SMILES string of the molecule is CC/C=C\C/C=C\C/C=C\C/C=C\CCCCCCCCC(=O)OCC(COP(=O)(O)OCC(O)COP(=O)(O)OCC(COC(=O)CCCCCCC/C=C\CCCCCCCC)OC(=O)CCCCCCC/C=C\CCCCCC)OC(=O)CCCCCCC/C=C\CCCCCC. The maximum Gasteiger partial charge on any atom is 0.472 e. The van der Waals surface area contributed by atoms with Gasteiger partial charge in [-0.25, -0.2) is 9.13 Å². The summed E-state index contributed by atoms with van der Waals surface area (Å²) in [5.74, 6) is -2.20. The molecule has 0 aliphatic heterocycles. The highest BCUT2D eigenvalue weighted by atomic mass is 31.2. The fourth-order valence-electron chi connectivity index (χ4n) is 10.7. The van der Waals surface area contributed by atoms with Gasteiger partial charge in [-0.15, -0.1) is 0 Å². The predicted octanol–water partition coefficient (Wildman–Crippen LogP) is 23.0. The van der Waals surface area contributed by atoms with E-state index in [2.05, 4.69) is 113 Å². The van der Waals surface area contributed by atoms with E-state index >= 15 is 0 Å². The van der Waals surface area contributed by atoms with Crippen LogP contribution in [0.2, 0.25) is 0 Å². The van der Waals surface area contributed by atoms with Crippen molar-refractivity contribution in [1.82, 2.24) is 0 Å². The summed E-state index contributed by atoms with van der Waals surface area (Å²) < 4.78 is 68.5. The zero-order valence-electron chi connectivity index (χ0n) is 63.4. The highest BCUT2D eigenvalue weighted by Gasteiger charge is 2.30. The number of esters is 4. The maximum absolute atomic E-state index is 13.1. The number of carbonyl (C=O) groups is 4. The zero-order chi connectivity index (χ0) is 73.2. The lowest BCUT2D eigenvalue weighted by Crippen LogP contribution is -2.30. The first kappa shape index (κ1) is 96.2. The molecule has 19 heteroatoms. The molecule has 0 saturated carbocycles. The molecule has 0 heterocycles. The largest absolute Gasteiger partial charge is 0.472 e. The van der Waals surface area contributed by atoms with Gasteiger partial charge in [-0.2, -0.15) is 0 Å². The smallest absolute Gasteiger partial charge is 0.462 e. The molecular formula is C81H144O17P2. The second-order valence-corrected chi connectivity index (χ2v) is 29.5. The molecule has 0 aromatic carbocycles. The van der Waals surface area contributed by atoms with E-state index in [0.29, 0.717) is 25.7 Å². The van der Waals surface area contributed by atoms with Crippen LogP contribution in [0.4, 0.5) is 0 Å². The van der Waals surface area contributed by atoms with Crippen LogP contribution in [0, 0.1) is 0 Å². The van der Waals surface area contributed by atoms with Gasteiger partial charge in [0.2, 0.25) is 0 Å². The fourth-order valence-corrected chi connectivity index (χ4v) is 12.3. The summed E-state index contributed by atoms with van der Waals surface area (Å²) >= 11 is 0. The summed E-state index contributed by atoms with van der Waals surface area (Å²) in [5.41, 5.74) is 0. The van der Waals surface area contributed by atoms with E-state index in [9.17, 15) is 43.2 Å². The average Bonchev–Trinajstić information content (AvgIpc) is 0.935. The molecule has 0 aromatic heterocycles. The molecule has 3 N–H and O–H groups in total. The van der Waals surface area contributed by atoms with Gasteiger partial charge < -0.3 is 33.8 Å². The molecule has 0 bridgehead atoms. The number of aliphatic hydroxyl groups excluding tert-OH is 1. The lowest BCUT2D eigenvalue weighted by molar-refractivity contribution is -0.161. The van der Waals surface area contributed by atoms with Gasteiger partial charge in [-0.3, -0.25) is 37.3 Å². The third kappa shape index (κ3) is 72.6. The number of rotatable bonds is 75. The molecule has 5 atom stereocenters. The monoisotopic (exact) mass is 1450 g/mol. The molecule has 0 aliphatic carbocycles. The van der Waals surface area contributed by atoms with Crippen LogP contribution in [0.1, 0.15) is 349 Å². The number of ether oxygens (including phenoxy) is 4. The van der Waals surface area contributed by atoms with E-state index in [0.717, 1.165) is 180 Å². The van der Waals surface area contributed by atoms with Crippen LogP contribution in [-0.2, 0) is 65.4 Å². The minimum absolute atomic E-state index is 0.0824. The van der Waals surface area contributed by atoms with Crippen LogP contribution in [0.15, 0.2) is 85.1 Å². The van der Waals surface area contributed by atoms with Crippen molar-refractivity contribution in [2.75, 3.05) is 39.6 Å². The number of aliphatic hydroxyl groups is 1. The topological polar surface area (TPSA) is 237 Å². The Morgan fingerprint density at radius 1 is 0.290 bits per heavy atom. The number of hydrogen-bond donors (Lipinski definition) is 3. The van der Waals surface area contributed by atoms with Crippen molar-refractivity contribution in [3.05, 3.63) is 85.1 Å². The van der Waals surface area contributed by atoms with Crippen molar-refractivity contribution in [1.29, 1.82) is 0 Å². The standard InChI is InChI=1S/C81H144O17P2/c1-5-9-13-17-21-25-29-33-35-36-37-38-40-44-46-50-54-58-62-66-79(84)92-72-77(98-81(86)68-64-60-56-52-48-42-32-28-24-20-16-12-8-4)74-96-100(89,90)94-70-75(82)69-93-99(87,88)95-73-76(97-80(85)67-63-59-55-51-47-41-31-27-23-19-15-11-7-3)71-91-78(83)65-61-57-53-49-45-43-39-34-30-26-22-18-14-10-6-2/h9,13,21,25,27-28,31-35,37-39,75-77,82H,5-8,10-12,14-20,22-24,26,29-30,36,40-74H2,1-4H3,(H,87,88)(H,89,90)/b13-9-,25-21-,31-27-,32-28-,35-33-,38-37-,39-34-. The molecule has 580 valence electrons. The quantitative estimate of drug-likeness (QED) is 0.0169. The van der Waals surface area contributed by atoms with E-state index in [1.807, 2.05) is 0 Å². The fraction of sp³-hybridized carbons (Fsp3) is 0.778. The Morgan fingerprint density at radius 2 is 0.520 bits per heavy atom. The number of unbranched alkanes of at least 4 members (excludes halogenated alkanes) is 35. The van der Waals surface area contributed by atoms with Gasteiger partial charge in [-0.05, 0) is 141 Å². The molecule has 0 amide bonds. The highest BCUT2D eigenvalue weighted by molar-refractivity contribution is 7.47. The Labute approximate surface area is 608 Å². The molecule has 0 radical (unpaired) electrons. The zero-order valence-corrected chi connectivity index (χ0v) is 65.2. The van der Waals surface area contributed by atoms with Gasteiger partial charge in [0.25, 0.3) is 0 Å². The summed E-state index contributed by atoms with van der Waals surface area (Å²) in [5, 5.41) is 10.6. The summed E-state index contributed by atoms with van der Waals surface area (Å²) in [6.07, 6.45) is 75.6. The van der Waals surface area contributed by atoms with Gasteiger partial charge in [0.1, 0.15) is 19.3 Å². The number of carbonyl (C=O) groups excluding carboxylic acids is 4. The van der Waals surface area contributed by atoms with E-state index in [4.69, 9.17) is 37.0 Å². The molecule has 17 nitrogen and oxygen atoms in total. The van der Waals surface area contributed by atoms with Crippen molar-refractivity contribution in [3.8, 4) is 0 Å². The van der Waals surface area contributed by atoms with Crippen LogP contribution in [0.3, 0.4) is 0 Å². The summed E-state index contributed by atoms with van der Waals surface area (Å²) in [7, 11) is -9.95. The van der Waals surface area contributed by atoms with Crippen LogP contribution in [0.25, 0.3) is 0 Å². The molecule has 0 saturated heterocycles. The Bertz CT molecular complexity index is 2230. The highest BCUT2D eigenvalue weighted by Crippen LogP contribution is 2.45. The third-order valence-electron chi connectivity index (χ3n) is 16.8. The number of phosphoric acid groups is 2. The third-order valence-corrected chi connectivity index (χ3v) is 18.7. The molecule has 5 unspecified atom stereocenters. The lowest BCUT2D eigenvalue weighted by atomic mass is 10.1. The average molecular weight is 1450 g/mol. The second kappa shape index (κ2) is 73.5. The summed E-state index contributed by atoms with van der Waals surface area (Å²) in [6.45, 7) is 4.73. The maximum atomic E-state index is 13.1. The van der Waals surface area contributed by atoms with Crippen LogP contribution in [-0.4, -0.2) is 96.7 Å². The number of hydrogen-bond acceptors (Lipinski definition) is 15. The van der Waals surface area contributed by atoms with Gasteiger partial charge in [0.05, 0.1) is 26.4 Å². The van der Waals surface area contributed by atoms with Crippen molar-refractivity contribution in [2.24, 2.45) is 0 Å². The molecule has 0 aromatic rings. The summed E-state index contributed by atoms with van der Waals surface area (Å²) in [4.78, 5) is 72.9. The molecule has 0 rings (SSSR count). The first-order valence-electron chi connectivity index (χ1n) is 39.8. The molecule has 100 heavy (non-hydrogen) atoms. The molecule has 0 fully saturated rings. The van der Waals surface area contributed by atoms with Crippen LogP contribution < -0.4 is 0 Å². The minimum Gasteiger partial charge on any atom is -0.462 e. The van der Waals surface area contributed by atoms with Gasteiger partial charge in [0.15, 0.2) is 12.2 Å². The van der Waals surface area contributed by atoms with Crippen LogP contribution >= 0.6 is 15.6 Å². The molecule has 0 aliphatic rings. The number of phosphoric ester groups is 2. The predicted molar refractivity (Wildman–Crippen MR) is 409 cm³/mol. The van der Waals surface area contributed by atoms with Gasteiger partial charge in [-0.1, -0.05) is 267 Å². The molecular weight excluding hydrogens is 1310 g/mol. The van der Waals surface area contributed by atoms with E-state index in [1.54, 1.807) is 0 Å². The van der Waals surface area contributed by atoms with Crippen molar-refractivity contribution < 1.29 is 80.2 Å². The minimum atomic E-state index is -4.98. The van der Waals surface area contributed by atoms with Crippen molar-refractivity contribution >= 4 is 39.5 Å². The number of allylic oxidation sites excluding steroid dienone is 14. The van der Waals surface area contributed by atoms with Gasteiger partial charge >= 0.3 is 39.5 Å². The Morgan fingerprint density at radius 3 is 0.820 bits per heavy atom. The lowest BCUT2D eigenvalue weighted by Gasteiger charge is -2.21. The Kier molecular flexibility index (Phi) is 70.8. The summed E-state index contributed by atoms with van der Waals surface area (Å²) in [6, 6.07) is 0. The van der Waals surface area contributed by atoms with Crippen molar-refractivity contribution in [3.63, 3.8) is 0 Å². The Hall–Kier alpha value is -3.76.